The zero-order valence-corrected chi connectivity index (χ0v) is 11.0. The Bertz CT molecular complexity index is 603. The molecule has 2 aromatic rings. The molecule has 0 saturated heterocycles. The highest BCUT2D eigenvalue weighted by atomic mass is 16.4. The number of amidine groups is 1. The van der Waals surface area contributed by atoms with Crippen LogP contribution in [0.5, 0.6) is 0 Å². The van der Waals surface area contributed by atoms with Gasteiger partial charge in [-0.3, -0.25) is 4.98 Å². The second kappa shape index (κ2) is 5.51. The van der Waals surface area contributed by atoms with Gasteiger partial charge in [-0.15, -0.1) is 0 Å². The summed E-state index contributed by atoms with van der Waals surface area (Å²) in [5, 5.41) is 16.2. The molecule has 0 bridgehead atoms. The van der Waals surface area contributed by atoms with E-state index in [0.717, 1.165) is 29.9 Å². The van der Waals surface area contributed by atoms with Gasteiger partial charge in [0.2, 0.25) is 0 Å². The van der Waals surface area contributed by atoms with E-state index in [1.54, 1.807) is 12.3 Å². The molecule has 6 nitrogen and oxygen atoms in total. The first-order valence-electron chi connectivity index (χ1n) is 6.21. The maximum absolute atomic E-state index is 8.69. The molecule has 0 aliphatic carbocycles. The quantitative estimate of drug-likeness (QED) is 0.377. The molecule has 2 rings (SSSR count). The highest BCUT2D eigenvalue weighted by molar-refractivity contribution is 5.95. The summed E-state index contributed by atoms with van der Waals surface area (Å²) in [7, 11) is 0. The number of nitrogens with zero attached hydrogens (tertiary/aromatic N) is 4. The number of pyridine rings is 1. The molecular formula is C13H17N5O. The van der Waals surface area contributed by atoms with Crippen molar-refractivity contribution >= 4 is 5.84 Å². The predicted molar refractivity (Wildman–Crippen MR) is 72.6 cm³/mol. The molecule has 2 heterocycles. The molecule has 0 atom stereocenters. The van der Waals surface area contributed by atoms with Crippen LogP contribution in [0.25, 0.3) is 5.69 Å². The maximum Gasteiger partial charge on any atom is 0.188 e. The molecule has 6 heteroatoms. The molecule has 0 fully saturated rings. The van der Waals surface area contributed by atoms with Crippen LogP contribution >= 0.6 is 0 Å². The van der Waals surface area contributed by atoms with Crippen LogP contribution < -0.4 is 5.73 Å². The zero-order chi connectivity index (χ0) is 13.8. The van der Waals surface area contributed by atoms with Gasteiger partial charge in [-0.2, -0.15) is 5.10 Å². The number of hydrogen-bond acceptors (Lipinski definition) is 4. The van der Waals surface area contributed by atoms with Crippen LogP contribution in [0.1, 0.15) is 30.9 Å². The standard InChI is InChI=1S/C13H17N5O/c1-3-9-7-10(4-2)18(16-9)11-5-6-15-12(8-11)13(14)17-19/h5-8,19H,3-4H2,1-2H3,(H2,14,17). The Morgan fingerprint density at radius 1 is 1.37 bits per heavy atom. The van der Waals surface area contributed by atoms with Gasteiger partial charge in [0, 0.05) is 11.9 Å². The second-order valence-electron chi connectivity index (χ2n) is 4.13. The van der Waals surface area contributed by atoms with E-state index in [1.165, 1.54) is 0 Å². The smallest absolute Gasteiger partial charge is 0.188 e. The third kappa shape index (κ3) is 2.57. The van der Waals surface area contributed by atoms with Crippen LogP contribution in [0.3, 0.4) is 0 Å². The van der Waals surface area contributed by atoms with E-state index >= 15 is 0 Å². The van der Waals surface area contributed by atoms with Crippen molar-refractivity contribution in [2.75, 3.05) is 0 Å². The lowest BCUT2D eigenvalue weighted by Gasteiger charge is -2.07. The molecule has 0 aliphatic rings. The highest BCUT2D eigenvalue weighted by Crippen LogP contribution is 2.14. The third-order valence-corrected chi connectivity index (χ3v) is 2.92. The number of hydrogen-bond donors (Lipinski definition) is 2. The molecular weight excluding hydrogens is 242 g/mol. The molecule has 0 aromatic carbocycles. The van der Waals surface area contributed by atoms with Crippen molar-refractivity contribution in [3.05, 3.63) is 41.5 Å². The Labute approximate surface area is 111 Å². The molecule has 0 radical (unpaired) electrons. The van der Waals surface area contributed by atoms with Crippen molar-refractivity contribution in [2.45, 2.75) is 26.7 Å². The van der Waals surface area contributed by atoms with Gasteiger partial charge < -0.3 is 10.9 Å². The van der Waals surface area contributed by atoms with Crippen LogP contribution in [-0.4, -0.2) is 25.8 Å². The van der Waals surface area contributed by atoms with Crippen LogP contribution in [0.4, 0.5) is 0 Å². The molecule has 0 saturated carbocycles. The van der Waals surface area contributed by atoms with E-state index < -0.39 is 0 Å². The fourth-order valence-electron chi connectivity index (χ4n) is 1.87. The van der Waals surface area contributed by atoms with Gasteiger partial charge in [0.25, 0.3) is 0 Å². The first kappa shape index (κ1) is 13.1. The van der Waals surface area contributed by atoms with E-state index in [0.29, 0.717) is 5.69 Å². The average Bonchev–Trinajstić information content (AvgIpc) is 2.90. The van der Waals surface area contributed by atoms with Crippen molar-refractivity contribution in [3.63, 3.8) is 0 Å². The number of aromatic nitrogens is 3. The van der Waals surface area contributed by atoms with Crippen molar-refractivity contribution < 1.29 is 5.21 Å². The summed E-state index contributed by atoms with van der Waals surface area (Å²) in [4.78, 5) is 4.06. The fraction of sp³-hybridized carbons (Fsp3) is 0.308. The zero-order valence-electron chi connectivity index (χ0n) is 11.0. The first-order chi connectivity index (χ1) is 9.19. The summed E-state index contributed by atoms with van der Waals surface area (Å²) in [5.74, 6) is -0.0113. The predicted octanol–water partition coefficient (Wildman–Crippen LogP) is 1.49. The van der Waals surface area contributed by atoms with Crippen LogP contribution in [-0.2, 0) is 12.8 Å². The van der Waals surface area contributed by atoms with Crippen LogP contribution in [0, 0.1) is 0 Å². The van der Waals surface area contributed by atoms with Gasteiger partial charge in [0.15, 0.2) is 5.84 Å². The summed E-state index contributed by atoms with van der Waals surface area (Å²) in [6, 6.07) is 5.68. The normalized spacial score (nSPS) is 11.8. The monoisotopic (exact) mass is 259 g/mol. The summed E-state index contributed by atoms with van der Waals surface area (Å²) in [6.45, 7) is 4.15. The Kier molecular flexibility index (Phi) is 3.79. The molecule has 3 N–H and O–H groups in total. The highest BCUT2D eigenvalue weighted by Gasteiger charge is 2.09. The van der Waals surface area contributed by atoms with Gasteiger partial charge in [0.05, 0.1) is 11.4 Å². The van der Waals surface area contributed by atoms with Gasteiger partial charge in [-0.25, -0.2) is 4.68 Å². The van der Waals surface area contributed by atoms with Gasteiger partial charge >= 0.3 is 0 Å². The van der Waals surface area contributed by atoms with E-state index in [2.05, 4.69) is 35.2 Å². The summed E-state index contributed by atoms with van der Waals surface area (Å²) in [5.41, 5.74) is 8.99. The third-order valence-electron chi connectivity index (χ3n) is 2.92. The number of nitrogens with two attached hydrogens (primary N) is 1. The first-order valence-corrected chi connectivity index (χ1v) is 6.21. The lowest BCUT2D eigenvalue weighted by atomic mass is 10.2. The topological polar surface area (TPSA) is 89.3 Å². The minimum absolute atomic E-state index is 0.0113. The Morgan fingerprint density at radius 3 is 2.79 bits per heavy atom. The fourth-order valence-corrected chi connectivity index (χ4v) is 1.87. The molecule has 2 aromatic heterocycles. The average molecular weight is 259 g/mol. The second-order valence-corrected chi connectivity index (χ2v) is 4.13. The lowest BCUT2D eigenvalue weighted by Crippen LogP contribution is -2.15. The van der Waals surface area contributed by atoms with Crippen molar-refractivity contribution in [1.82, 2.24) is 14.8 Å². The molecule has 19 heavy (non-hydrogen) atoms. The van der Waals surface area contributed by atoms with Crippen LogP contribution in [0.2, 0.25) is 0 Å². The Morgan fingerprint density at radius 2 is 2.16 bits per heavy atom. The summed E-state index contributed by atoms with van der Waals surface area (Å²) < 4.78 is 1.87. The van der Waals surface area contributed by atoms with Crippen molar-refractivity contribution in [2.24, 2.45) is 10.9 Å². The molecule has 100 valence electrons. The minimum atomic E-state index is -0.0113. The summed E-state index contributed by atoms with van der Waals surface area (Å²) >= 11 is 0. The lowest BCUT2D eigenvalue weighted by molar-refractivity contribution is 0.318. The van der Waals surface area contributed by atoms with Crippen molar-refractivity contribution in [3.8, 4) is 5.69 Å². The summed E-state index contributed by atoms with van der Waals surface area (Å²) in [6.07, 6.45) is 3.39. The number of rotatable bonds is 4. The van der Waals surface area contributed by atoms with Crippen molar-refractivity contribution in [1.29, 1.82) is 0 Å². The Balaban J connectivity index is 2.49. The molecule has 0 spiro atoms. The minimum Gasteiger partial charge on any atom is -0.409 e. The molecule has 0 amide bonds. The largest absolute Gasteiger partial charge is 0.409 e. The maximum atomic E-state index is 8.69. The SMILES string of the molecule is CCc1cc(CC)n(-c2ccnc(/C(N)=N/O)c2)n1. The Hall–Kier alpha value is -2.37. The molecule has 0 aliphatic heterocycles. The van der Waals surface area contributed by atoms with E-state index in [9.17, 15) is 0 Å². The number of aryl methyl sites for hydroxylation is 2. The number of oxime groups is 1. The van der Waals surface area contributed by atoms with E-state index in [-0.39, 0.29) is 5.84 Å². The molecule has 0 unspecified atom stereocenters. The van der Waals surface area contributed by atoms with Crippen LogP contribution in [0.15, 0.2) is 29.6 Å². The van der Waals surface area contributed by atoms with E-state index in [4.69, 9.17) is 10.9 Å². The van der Waals surface area contributed by atoms with Gasteiger partial charge in [-0.1, -0.05) is 19.0 Å². The van der Waals surface area contributed by atoms with Gasteiger partial charge in [0.1, 0.15) is 5.69 Å². The van der Waals surface area contributed by atoms with E-state index in [1.807, 2.05) is 10.7 Å². The van der Waals surface area contributed by atoms with Gasteiger partial charge in [-0.05, 0) is 31.0 Å².